The molecule has 4 aliphatic carbocycles. The van der Waals surface area contributed by atoms with Gasteiger partial charge in [-0.15, -0.1) is 0 Å². The molecule has 39 heavy (non-hydrogen) atoms. The monoisotopic (exact) mass is 547 g/mol. The zero-order valence-electron chi connectivity index (χ0n) is 26.3. The lowest BCUT2D eigenvalue weighted by atomic mass is 9.44. The largest absolute Gasteiger partial charge is 0.436 e. The van der Waals surface area contributed by atoms with E-state index >= 15 is 0 Å². The number of amides is 1. The van der Waals surface area contributed by atoms with Crippen molar-refractivity contribution in [3.05, 3.63) is 0 Å². The highest BCUT2D eigenvalue weighted by atomic mass is 16.7. The molecule has 1 amide bonds. The molecule has 7 nitrogen and oxygen atoms in total. The highest BCUT2D eigenvalue weighted by Gasteiger charge is 2.60. The van der Waals surface area contributed by atoms with Crippen LogP contribution in [0.2, 0.25) is 0 Å². The Hall–Kier alpha value is -1.18. The molecule has 0 aliphatic heterocycles. The van der Waals surface area contributed by atoms with E-state index in [0.717, 1.165) is 66.8 Å². The zero-order chi connectivity index (χ0) is 28.6. The number of rotatable bonds is 9. The summed E-state index contributed by atoms with van der Waals surface area (Å²) in [5.74, 6) is 3.41. The third-order valence-electron chi connectivity index (χ3n) is 11.8. The molecule has 0 unspecified atom stereocenters. The van der Waals surface area contributed by atoms with Crippen molar-refractivity contribution in [3.63, 3.8) is 0 Å². The second-order valence-corrected chi connectivity index (χ2v) is 15.4. The predicted octanol–water partition coefficient (Wildman–Crippen LogP) is 5.52. The Morgan fingerprint density at radius 3 is 2.41 bits per heavy atom. The molecule has 0 spiro atoms. The van der Waals surface area contributed by atoms with Crippen molar-refractivity contribution in [3.8, 4) is 0 Å². The highest BCUT2D eigenvalue weighted by molar-refractivity contribution is 5.85. The highest BCUT2D eigenvalue weighted by Crippen LogP contribution is 2.67. The third-order valence-corrected chi connectivity index (χ3v) is 11.8. The van der Waals surface area contributed by atoms with Crippen molar-refractivity contribution in [2.45, 2.75) is 105 Å². The van der Waals surface area contributed by atoms with E-state index in [1.54, 1.807) is 4.90 Å². The van der Waals surface area contributed by atoms with Gasteiger partial charge in [-0.05, 0) is 113 Å². The molecule has 224 valence electrons. The van der Waals surface area contributed by atoms with Crippen LogP contribution in [0.15, 0.2) is 5.16 Å². The van der Waals surface area contributed by atoms with Crippen LogP contribution in [0.4, 0.5) is 4.79 Å². The topological polar surface area (TPSA) is 74.2 Å². The normalized spacial score (nSPS) is 38.7. The molecule has 4 saturated carbocycles. The van der Waals surface area contributed by atoms with Gasteiger partial charge >= 0.3 is 6.09 Å². The first kappa shape index (κ1) is 30.8. The molecule has 0 heterocycles. The van der Waals surface area contributed by atoms with E-state index in [0.29, 0.717) is 23.8 Å². The molecule has 0 saturated heterocycles. The number of carbonyl (C=O) groups is 1. The lowest BCUT2D eigenvalue weighted by Gasteiger charge is -2.61. The summed E-state index contributed by atoms with van der Waals surface area (Å²) in [5.41, 5.74) is 1.64. The van der Waals surface area contributed by atoms with Gasteiger partial charge in [0.2, 0.25) is 0 Å². The van der Waals surface area contributed by atoms with Gasteiger partial charge in [-0.2, -0.15) is 0 Å². The molecule has 2 N–H and O–H groups in total. The summed E-state index contributed by atoms with van der Waals surface area (Å²) in [4.78, 5) is 20.4. The second-order valence-electron chi connectivity index (χ2n) is 15.4. The molecule has 0 aromatic heterocycles. The summed E-state index contributed by atoms with van der Waals surface area (Å²) in [6, 6.07) is 0.0641. The van der Waals surface area contributed by atoms with E-state index in [4.69, 9.17) is 4.84 Å². The number of nitrogens with zero attached hydrogens (tertiary/aromatic N) is 3. The number of likely N-dealkylation sites (N-methyl/N-ethyl adjacent to an activating group) is 1. The van der Waals surface area contributed by atoms with Crippen LogP contribution in [-0.4, -0.2) is 85.8 Å². The van der Waals surface area contributed by atoms with Crippen molar-refractivity contribution >= 4 is 11.8 Å². The van der Waals surface area contributed by atoms with Crippen molar-refractivity contribution in [1.82, 2.24) is 10.2 Å². The number of aliphatic hydroxyl groups is 1. The van der Waals surface area contributed by atoms with E-state index in [-0.39, 0.29) is 23.7 Å². The number of oxime groups is 1. The maximum absolute atomic E-state index is 13.0. The van der Waals surface area contributed by atoms with Crippen LogP contribution in [-0.2, 0) is 4.84 Å². The van der Waals surface area contributed by atoms with Crippen LogP contribution < -0.4 is 5.32 Å². The number of quaternary nitrogens is 1. The van der Waals surface area contributed by atoms with Gasteiger partial charge in [0.25, 0.3) is 0 Å². The van der Waals surface area contributed by atoms with Crippen molar-refractivity contribution in [1.29, 1.82) is 0 Å². The number of nitrogens with one attached hydrogen (secondary N) is 1. The average molecular weight is 548 g/mol. The molecule has 0 aromatic rings. The first-order valence-electron chi connectivity index (χ1n) is 16.0. The minimum atomic E-state index is -0.341. The second kappa shape index (κ2) is 12.0. The van der Waals surface area contributed by atoms with Crippen LogP contribution in [0.3, 0.4) is 0 Å². The number of hydrogen-bond donors (Lipinski definition) is 2. The van der Waals surface area contributed by atoms with E-state index in [2.05, 4.69) is 52.4 Å². The summed E-state index contributed by atoms with van der Waals surface area (Å²) in [7, 11) is 6.56. The van der Waals surface area contributed by atoms with Gasteiger partial charge in [0.05, 0.1) is 39.5 Å². The third kappa shape index (κ3) is 6.51. The van der Waals surface area contributed by atoms with Crippen LogP contribution in [0.5, 0.6) is 0 Å². The maximum atomic E-state index is 13.0. The number of carbonyl (C=O) groups excluding carboxylic acids is 1. The number of hydrogen-bond acceptors (Lipinski definition) is 5. The fourth-order valence-corrected chi connectivity index (χ4v) is 9.45. The van der Waals surface area contributed by atoms with Crippen molar-refractivity contribution < 1.29 is 19.2 Å². The van der Waals surface area contributed by atoms with Gasteiger partial charge < -0.3 is 19.8 Å². The van der Waals surface area contributed by atoms with Gasteiger partial charge in [0, 0.05) is 31.6 Å². The molecule has 7 heteroatoms. The van der Waals surface area contributed by atoms with E-state index in [1.165, 1.54) is 38.5 Å². The van der Waals surface area contributed by atoms with Crippen LogP contribution in [0.1, 0.15) is 92.4 Å². The van der Waals surface area contributed by atoms with Gasteiger partial charge in [-0.25, -0.2) is 4.79 Å². The first-order chi connectivity index (χ1) is 18.3. The zero-order valence-corrected chi connectivity index (χ0v) is 26.3. The summed E-state index contributed by atoms with van der Waals surface area (Å²) in [6.45, 7) is 14.6. The quantitative estimate of drug-likeness (QED) is 0.131. The van der Waals surface area contributed by atoms with E-state index in [9.17, 15) is 9.90 Å². The molecule has 4 aliphatic rings. The minimum absolute atomic E-state index is 0.0641. The minimum Gasteiger partial charge on any atom is -0.393 e. The Labute approximate surface area is 238 Å². The summed E-state index contributed by atoms with van der Waals surface area (Å²) < 4.78 is 0.920. The Kier molecular flexibility index (Phi) is 9.45. The van der Waals surface area contributed by atoms with Crippen LogP contribution in [0.25, 0.3) is 0 Å². The van der Waals surface area contributed by atoms with Gasteiger partial charge in [-0.3, -0.25) is 4.84 Å². The summed E-state index contributed by atoms with van der Waals surface area (Å²) >= 11 is 0. The molecular formula is C32H59N4O3+. The number of fused-ring (bicyclic) bond motifs is 5. The molecule has 0 radical (unpaired) electrons. The van der Waals surface area contributed by atoms with E-state index < -0.39 is 0 Å². The fourth-order valence-electron chi connectivity index (χ4n) is 9.45. The molecule has 0 bridgehead atoms. The Morgan fingerprint density at radius 1 is 1.03 bits per heavy atom. The van der Waals surface area contributed by atoms with Gasteiger partial charge in [0.15, 0.2) is 0 Å². The lowest BCUT2D eigenvalue weighted by Crippen LogP contribution is -2.54. The first-order valence-corrected chi connectivity index (χ1v) is 16.0. The van der Waals surface area contributed by atoms with Crippen LogP contribution >= 0.6 is 0 Å². The Morgan fingerprint density at radius 2 is 1.72 bits per heavy atom. The van der Waals surface area contributed by atoms with Gasteiger partial charge in [0.1, 0.15) is 0 Å². The SMILES string of the molecule is C/C(=N\OC(=O)N(CCNCC[N+](C)(C)C)C(C)C)[C@H]1CC[C@H]2[C@@H]3CC[C@H]4C[C@@H](O)CC[C@]4(C)[C@H]3CC[C@]12C. The maximum Gasteiger partial charge on any atom is 0.436 e. The number of aliphatic hydroxyl groups excluding tert-OH is 1. The molecule has 8 atom stereocenters. The summed E-state index contributed by atoms with van der Waals surface area (Å²) in [5, 5.41) is 18.3. The Bertz CT molecular complexity index is 885. The average Bonchev–Trinajstić information content (AvgIpc) is 3.21. The smallest absolute Gasteiger partial charge is 0.393 e. The van der Waals surface area contributed by atoms with Crippen LogP contribution in [0, 0.1) is 40.4 Å². The van der Waals surface area contributed by atoms with E-state index in [1.807, 2.05) is 13.8 Å². The summed E-state index contributed by atoms with van der Waals surface area (Å²) in [6.07, 6.45) is 10.3. The molecule has 0 aromatic carbocycles. The molecular weight excluding hydrogens is 488 g/mol. The molecule has 4 rings (SSSR count). The predicted molar refractivity (Wildman–Crippen MR) is 158 cm³/mol. The van der Waals surface area contributed by atoms with Crippen molar-refractivity contribution in [2.24, 2.45) is 45.6 Å². The lowest BCUT2D eigenvalue weighted by molar-refractivity contribution is -0.869. The Balaban J connectivity index is 1.35. The van der Waals surface area contributed by atoms with Crippen molar-refractivity contribution in [2.75, 3.05) is 47.3 Å². The molecule has 4 fully saturated rings. The fraction of sp³-hybridized carbons (Fsp3) is 0.938. The van der Waals surface area contributed by atoms with Gasteiger partial charge in [-0.1, -0.05) is 19.0 Å². The standard InChI is InChI=1S/C32H59N4O3/c1-22(2)35(19-17-33-18-20-36(6,7)8)30(38)39-34-23(3)27-11-12-28-26-10-9-24-21-25(37)13-15-31(24,4)29(26)14-16-32(27,28)5/h22,24-29,33,37H,9-21H2,1-8H3/q+1/b34-23+/t24-,25-,26-,27+,28-,29-,31-,32+/m0/s1.